The molecule has 0 aromatic heterocycles. The predicted molar refractivity (Wildman–Crippen MR) is 127 cm³/mol. The fourth-order valence-electron chi connectivity index (χ4n) is 4.49. The van der Waals surface area contributed by atoms with Gasteiger partial charge in [-0.3, -0.25) is 4.79 Å². The van der Waals surface area contributed by atoms with E-state index in [0.717, 1.165) is 30.6 Å². The van der Waals surface area contributed by atoms with Gasteiger partial charge in [0.2, 0.25) is 0 Å². The number of rotatable bonds is 5. The number of carbonyl (C=O) groups is 2. The maximum absolute atomic E-state index is 13.4. The van der Waals surface area contributed by atoms with E-state index in [1.165, 1.54) is 29.8 Å². The Labute approximate surface area is 206 Å². The molecule has 1 aliphatic heterocycles. The minimum absolute atomic E-state index is 0.129. The largest absolute Gasteiger partial charge is 0.490 e. The summed E-state index contributed by atoms with van der Waals surface area (Å²) >= 11 is 0. The minimum atomic E-state index is -5.08. The van der Waals surface area contributed by atoms with Crippen molar-refractivity contribution in [3.63, 3.8) is 0 Å². The van der Waals surface area contributed by atoms with Gasteiger partial charge < -0.3 is 15.2 Å². The quantitative estimate of drug-likeness (QED) is 0.355. The SMILES string of the molecule is CC(=O)OC(Cc1ccc2ccccc2c1)C1CNCCC1c1ccc(F)cc1.O=C(O)C(F)(F)F. The van der Waals surface area contributed by atoms with Gasteiger partial charge in [0.25, 0.3) is 0 Å². The van der Waals surface area contributed by atoms with Crippen LogP contribution in [0.4, 0.5) is 17.6 Å². The zero-order valence-corrected chi connectivity index (χ0v) is 19.6. The second kappa shape index (κ2) is 12.0. The number of esters is 1. The summed E-state index contributed by atoms with van der Waals surface area (Å²) < 4.78 is 51.0. The first-order valence-corrected chi connectivity index (χ1v) is 11.5. The van der Waals surface area contributed by atoms with Crippen LogP contribution in [0.25, 0.3) is 10.8 Å². The molecule has 0 spiro atoms. The lowest BCUT2D eigenvalue weighted by molar-refractivity contribution is -0.192. The number of fused-ring (bicyclic) bond motifs is 1. The molecule has 3 aromatic carbocycles. The molecule has 0 radical (unpaired) electrons. The number of hydrogen-bond donors (Lipinski definition) is 2. The van der Waals surface area contributed by atoms with Gasteiger partial charge in [0.15, 0.2) is 0 Å². The molecule has 3 atom stereocenters. The van der Waals surface area contributed by atoms with Gasteiger partial charge in [-0.25, -0.2) is 9.18 Å². The van der Waals surface area contributed by atoms with Gasteiger partial charge >= 0.3 is 18.1 Å². The maximum atomic E-state index is 13.4. The van der Waals surface area contributed by atoms with Crippen LogP contribution in [-0.2, 0) is 20.7 Å². The number of aliphatic carboxylic acids is 1. The molecule has 1 heterocycles. The van der Waals surface area contributed by atoms with E-state index in [1.807, 2.05) is 24.3 Å². The molecule has 0 bridgehead atoms. The van der Waals surface area contributed by atoms with Crippen LogP contribution in [0, 0.1) is 11.7 Å². The fourth-order valence-corrected chi connectivity index (χ4v) is 4.49. The van der Waals surface area contributed by atoms with Crippen molar-refractivity contribution in [1.29, 1.82) is 0 Å². The van der Waals surface area contributed by atoms with Gasteiger partial charge in [-0.05, 0) is 52.9 Å². The lowest BCUT2D eigenvalue weighted by Gasteiger charge is -2.37. The van der Waals surface area contributed by atoms with E-state index in [-0.39, 0.29) is 29.7 Å². The number of benzene rings is 3. The molecule has 1 fully saturated rings. The van der Waals surface area contributed by atoms with Crippen LogP contribution in [0.3, 0.4) is 0 Å². The number of carbonyl (C=O) groups excluding carboxylic acids is 1. The third-order valence-corrected chi connectivity index (χ3v) is 6.12. The van der Waals surface area contributed by atoms with Crippen LogP contribution in [0.2, 0.25) is 0 Å². The number of carboxylic acid groups (broad SMARTS) is 1. The van der Waals surface area contributed by atoms with E-state index in [2.05, 4.69) is 35.6 Å². The predicted octanol–water partition coefficient (Wildman–Crippen LogP) is 5.48. The van der Waals surface area contributed by atoms with Crippen molar-refractivity contribution in [3.05, 3.63) is 83.7 Å². The summed E-state index contributed by atoms with van der Waals surface area (Å²) in [5.74, 6) is -2.90. The number of nitrogens with one attached hydrogen (secondary N) is 1. The van der Waals surface area contributed by atoms with Crippen LogP contribution >= 0.6 is 0 Å². The molecule has 4 rings (SSSR count). The van der Waals surface area contributed by atoms with E-state index in [4.69, 9.17) is 14.6 Å². The van der Waals surface area contributed by atoms with E-state index < -0.39 is 12.1 Å². The molecular formula is C27H27F4NO4. The highest BCUT2D eigenvalue weighted by molar-refractivity contribution is 5.83. The summed E-state index contributed by atoms with van der Waals surface area (Å²) in [6.45, 7) is 3.14. The van der Waals surface area contributed by atoms with Crippen molar-refractivity contribution in [2.24, 2.45) is 5.92 Å². The van der Waals surface area contributed by atoms with Crippen LogP contribution < -0.4 is 5.32 Å². The molecule has 0 aliphatic carbocycles. The highest BCUT2D eigenvalue weighted by atomic mass is 19.4. The Morgan fingerprint density at radius 3 is 2.31 bits per heavy atom. The first-order valence-electron chi connectivity index (χ1n) is 11.5. The van der Waals surface area contributed by atoms with Gasteiger partial charge in [0.1, 0.15) is 11.9 Å². The van der Waals surface area contributed by atoms with Crippen molar-refractivity contribution in [3.8, 4) is 0 Å². The number of piperidine rings is 1. The Hall–Kier alpha value is -3.46. The second-order valence-electron chi connectivity index (χ2n) is 8.65. The van der Waals surface area contributed by atoms with Gasteiger partial charge in [-0.1, -0.05) is 54.6 Å². The number of hydrogen-bond acceptors (Lipinski definition) is 4. The van der Waals surface area contributed by atoms with Crippen LogP contribution in [0.15, 0.2) is 66.7 Å². The molecule has 9 heteroatoms. The summed E-state index contributed by atoms with van der Waals surface area (Å²) in [4.78, 5) is 20.8. The van der Waals surface area contributed by atoms with Gasteiger partial charge in [-0.15, -0.1) is 0 Å². The van der Waals surface area contributed by atoms with Crippen molar-refractivity contribution in [2.75, 3.05) is 13.1 Å². The Morgan fingerprint density at radius 1 is 1.06 bits per heavy atom. The summed E-state index contributed by atoms with van der Waals surface area (Å²) in [7, 11) is 0. The van der Waals surface area contributed by atoms with Crippen LogP contribution in [-0.4, -0.2) is 42.4 Å². The minimum Gasteiger partial charge on any atom is -0.475 e. The fraction of sp³-hybridized carbons (Fsp3) is 0.333. The molecule has 0 amide bonds. The second-order valence-corrected chi connectivity index (χ2v) is 8.65. The number of carboxylic acids is 1. The van der Waals surface area contributed by atoms with Gasteiger partial charge in [0.05, 0.1) is 0 Å². The van der Waals surface area contributed by atoms with E-state index in [0.29, 0.717) is 6.42 Å². The highest BCUT2D eigenvalue weighted by Crippen LogP contribution is 2.35. The Balaban J connectivity index is 0.000000454. The topological polar surface area (TPSA) is 75.6 Å². The summed E-state index contributed by atoms with van der Waals surface area (Å²) in [6, 6.07) is 21.4. The molecule has 1 aliphatic rings. The van der Waals surface area contributed by atoms with Crippen molar-refractivity contribution < 1.29 is 37.0 Å². The third kappa shape index (κ3) is 7.52. The average molecular weight is 506 g/mol. The normalized spacial score (nSPS) is 18.6. The summed E-state index contributed by atoms with van der Waals surface area (Å²) in [5.41, 5.74) is 2.26. The lowest BCUT2D eigenvalue weighted by Crippen LogP contribution is -2.44. The molecule has 192 valence electrons. The van der Waals surface area contributed by atoms with E-state index in [9.17, 15) is 22.4 Å². The monoisotopic (exact) mass is 505 g/mol. The number of alkyl halides is 3. The van der Waals surface area contributed by atoms with Crippen molar-refractivity contribution in [1.82, 2.24) is 5.32 Å². The zero-order valence-electron chi connectivity index (χ0n) is 19.6. The number of halogens is 4. The molecule has 0 saturated carbocycles. The first kappa shape index (κ1) is 27.1. The molecule has 1 saturated heterocycles. The smallest absolute Gasteiger partial charge is 0.475 e. The molecular weight excluding hydrogens is 478 g/mol. The molecule has 5 nitrogen and oxygen atoms in total. The molecule has 3 unspecified atom stereocenters. The third-order valence-electron chi connectivity index (χ3n) is 6.12. The van der Waals surface area contributed by atoms with E-state index >= 15 is 0 Å². The summed E-state index contributed by atoms with van der Waals surface area (Å²) in [6.07, 6.45) is -3.73. The van der Waals surface area contributed by atoms with E-state index in [1.54, 1.807) is 0 Å². The zero-order chi connectivity index (χ0) is 26.3. The highest BCUT2D eigenvalue weighted by Gasteiger charge is 2.38. The number of ether oxygens (including phenoxy) is 1. The molecule has 2 N–H and O–H groups in total. The average Bonchev–Trinajstić information content (AvgIpc) is 2.83. The van der Waals surface area contributed by atoms with Crippen molar-refractivity contribution in [2.45, 2.75) is 38.0 Å². The Morgan fingerprint density at radius 2 is 1.69 bits per heavy atom. The molecule has 3 aromatic rings. The van der Waals surface area contributed by atoms with Crippen LogP contribution in [0.5, 0.6) is 0 Å². The molecule has 36 heavy (non-hydrogen) atoms. The van der Waals surface area contributed by atoms with Crippen LogP contribution in [0.1, 0.15) is 30.4 Å². The van der Waals surface area contributed by atoms with Gasteiger partial charge in [-0.2, -0.15) is 13.2 Å². The lowest BCUT2D eigenvalue weighted by atomic mass is 9.76. The first-order chi connectivity index (χ1) is 17.0. The van der Waals surface area contributed by atoms with Crippen molar-refractivity contribution >= 4 is 22.7 Å². The summed E-state index contributed by atoms with van der Waals surface area (Å²) in [5, 5.41) is 13.0. The Bertz CT molecular complexity index is 1180. The van der Waals surface area contributed by atoms with Gasteiger partial charge in [0, 0.05) is 25.8 Å². The Kier molecular flexibility index (Phi) is 9.03. The standard InChI is InChI=1S/C25H26FNO2.C2HF3O2/c1-17(28)29-25(15-18-6-7-19-4-2-3-5-21(19)14-18)24-16-27-13-12-23(24)20-8-10-22(26)11-9-20;3-2(4,5)1(6)7/h2-11,14,23-25,27H,12-13,15-16H2,1H3;(H,6,7). The maximum Gasteiger partial charge on any atom is 0.490 e.